The summed E-state index contributed by atoms with van der Waals surface area (Å²) in [4.78, 5) is 21.2. The summed E-state index contributed by atoms with van der Waals surface area (Å²) in [6.07, 6.45) is 2.96. The van der Waals surface area contributed by atoms with Crippen molar-refractivity contribution < 1.29 is 4.79 Å². The third-order valence-electron chi connectivity index (χ3n) is 4.03. The second-order valence-electron chi connectivity index (χ2n) is 5.58. The third kappa shape index (κ3) is 2.18. The number of hydrogen-bond acceptors (Lipinski definition) is 4. The van der Waals surface area contributed by atoms with Crippen molar-refractivity contribution in [1.82, 2.24) is 19.6 Å². The van der Waals surface area contributed by atoms with E-state index in [2.05, 4.69) is 15.1 Å². The van der Waals surface area contributed by atoms with Gasteiger partial charge in [-0.15, -0.1) is 0 Å². The normalized spacial score (nSPS) is 17.7. The van der Waals surface area contributed by atoms with E-state index in [4.69, 9.17) is 11.6 Å². The van der Waals surface area contributed by atoms with Crippen LogP contribution in [0.3, 0.4) is 0 Å². The van der Waals surface area contributed by atoms with Crippen molar-refractivity contribution in [2.45, 2.75) is 25.7 Å². The minimum absolute atomic E-state index is 0.101. The van der Waals surface area contributed by atoms with Crippen LogP contribution >= 0.6 is 11.6 Å². The van der Waals surface area contributed by atoms with Gasteiger partial charge in [-0.1, -0.05) is 23.7 Å². The van der Waals surface area contributed by atoms with Gasteiger partial charge in [0, 0.05) is 17.6 Å². The van der Waals surface area contributed by atoms with Crippen molar-refractivity contribution in [3.8, 4) is 0 Å². The minimum Gasteiger partial charge on any atom is -0.294 e. The van der Waals surface area contributed by atoms with Crippen molar-refractivity contribution in [3.63, 3.8) is 0 Å². The van der Waals surface area contributed by atoms with Gasteiger partial charge in [-0.05, 0) is 37.0 Å². The van der Waals surface area contributed by atoms with Crippen molar-refractivity contribution in [2.24, 2.45) is 0 Å². The van der Waals surface area contributed by atoms with E-state index in [1.54, 1.807) is 10.7 Å². The molecule has 0 saturated carbocycles. The van der Waals surface area contributed by atoms with Crippen molar-refractivity contribution in [1.29, 1.82) is 0 Å². The summed E-state index contributed by atoms with van der Waals surface area (Å²) in [6, 6.07) is 7.67. The Hall–Kier alpha value is -2.27. The Balaban J connectivity index is 1.77. The summed E-state index contributed by atoms with van der Waals surface area (Å²) >= 11 is 5.93. The number of halogens is 1. The van der Waals surface area contributed by atoms with E-state index in [0.717, 1.165) is 17.7 Å². The van der Waals surface area contributed by atoms with Crippen LogP contribution in [0.25, 0.3) is 5.78 Å². The minimum atomic E-state index is 0.101. The van der Waals surface area contributed by atoms with E-state index in [1.165, 1.54) is 0 Å². The van der Waals surface area contributed by atoms with Crippen molar-refractivity contribution in [2.75, 3.05) is 0 Å². The first-order valence-electron chi connectivity index (χ1n) is 7.12. The van der Waals surface area contributed by atoms with Crippen LogP contribution < -0.4 is 0 Å². The Bertz CT molecular complexity index is 885. The number of benzene rings is 1. The Morgan fingerprint density at radius 2 is 1.95 bits per heavy atom. The van der Waals surface area contributed by atoms with Gasteiger partial charge in [0.25, 0.3) is 5.78 Å². The summed E-state index contributed by atoms with van der Waals surface area (Å²) < 4.78 is 1.58. The summed E-state index contributed by atoms with van der Waals surface area (Å²) in [6.45, 7) is 1.81. The molecule has 0 saturated heterocycles. The van der Waals surface area contributed by atoms with Gasteiger partial charge in [0.2, 0.25) is 0 Å². The fourth-order valence-electron chi connectivity index (χ4n) is 2.96. The van der Waals surface area contributed by atoms with E-state index >= 15 is 0 Å². The van der Waals surface area contributed by atoms with Gasteiger partial charge in [0.05, 0.1) is 11.3 Å². The second-order valence-corrected chi connectivity index (χ2v) is 6.02. The first-order valence-corrected chi connectivity index (χ1v) is 7.49. The maximum Gasteiger partial charge on any atom is 0.252 e. The van der Waals surface area contributed by atoms with Crippen molar-refractivity contribution >= 4 is 23.2 Å². The summed E-state index contributed by atoms with van der Waals surface area (Å²) in [5, 5.41) is 4.92. The average molecular weight is 313 g/mol. The maximum absolute atomic E-state index is 12.5. The molecule has 110 valence electrons. The molecule has 5 nitrogen and oxygen atoms in total. The van der Waals surface area contributed by atoms with Gasteiger partial charge >= 0.3 is 0 Å². The molecule has 1 aliphatic rings. The van der Waals surface area contributed by atoms with Gasteiger partial charge in [0.1, 0.15) is 5.82 Å². The highest BCUT2D eigenvalue weighted by atomic mass is 35.5. The average Bonchev–Trinajstić information content (AvgIpc) is 2.85. The molecular weight excluding hydrogens is 300 g/mol. The molecule has 2 heterocycles. The Morgan fingerprint density at radius 1 is 1.18 bits per heavy atom. The highest BCUT2D eigenvalue weighted by Crippen LogP contribution is 2.32. The number of aryl methyl sites for hydroxylation is 1. The smallest absolute Gasteiger partial charge is 0.252 e. The molecule has 1 aliphatic carbocycles. The molecule has 6 heteroatoms. The van der Waals surface area contributed by atoms with Gasteiger partial charge in [-0.3, -0.25) is 4.79 Å². The molecule has 0 N–H and O–H groups in total. The molecule has 0 fully saturated rings. The topological polar surface area (TPSA) is 60.1 Å². The number of Topliss-reactive ketones (excluding diaryl/α,β-unsaturated/α-hetero) is 1. The number of rotatable bonds is 1. The third-order valence-corrected chi connectivity index (χ3v) is 4.28. The molecule has 0 aliphatic heterocycles. The lowest BCUT2D eigenvalue weighted by Gasteiger charge is -2.23. The van der Waals surface area contributed by atoms with Gasteiger partial charge in [-0.25, -0.2) is 9.50 Å². The number of ketones is 1. The standard InChI is InChI=1S/C16H13ClN4O/c1-9-18-16-19-14-6-11(10-2-4-12(17)5-3-10)7-15(22)13(14)8-21(16)20-9/h2-5,8,11H,6-7H2,1H3/t11-/m0/s1. The molecule has 22 heavy (non-hydrogen) atoms. The maximum atomic E-state index is 12.5. The predicted octanol–water partition coefficient (Wildman–Crippen LogP) is 3.00. The van der Waals surface area contributed by atoms with E-state index in [-0.39, 0.29) is 11.7 Å². The highest BCUT2D eigenvalue weighted by Gasteiger charge is 2.28. The molecule has 0 amide bonds. The van der Waals surface area contributed by atoms with Crippen LogP contribution in [-0.4, -0.2) is 25.4 Å². The molecule has 0 radical (unpaired) electrons. The van der Waals surface area contributed by atoms with E-state index in [0.29, 0.717) is 28.6 Å². The highest BCUT2D eigenvalue weighted by molar-refractivity contribution is 6.30. The fraction of sp³-hybridized carbons (Fsp3) is 0.250. The molecule has 1 atom stereocenters. The molecule has 0 unspecified atom stereocenters. The molecule has 4 rings (SSSR count). The van der Waals surface area contributed by atoms with Gasteiger partial charge in [-0.2, -0.15) is 10.1 Å². The summed E-state index contributed by atoms with van der Waals surface area (Å²) in [5.74, 6) is 1.43. The zero-order chi connectivity index (χ0) is 15.3. The van der Waals surface area contributed by atoms with Crippen LogP contribution in [0.1, 0.15) is 39.8 Å². The largest absolute Gasteiger partial charge is 0.294 e. The molecule has 1 aromatic carbocycles. The summed E-state index contributed by atoms with van der Waals surface area (Å²) in [5.41, 5.74) is 2.57. The lowest BCUT2D eigenvalue weighted by molar-refractivity contribution is 0.0962. The van der Waals surface area contributed by atoms with Crippen LogP contribution in [0, 0.1) is 6.92 Å². The number of fused-ring (bicyclic) bond motifs is 2. The zero-order valence-corrected chi connectivity index (χ0v) is 12.7. The lowest BCUT2D eigenvalue weighted by Crippen LogP contribution is -2.21. The van der Waals surface area contributed by atoms with Crippen LogP contribution in [0.2, 0.25) is 5.02 Å². The predicted molar refractivity (Wildman–Crippen MR) is 82.4 cm³/mol. The molecule has 2 aromatic heterocycles. The molecule has 0 spiro atoms. The van der Waals surface area contributed by atoms with Gasteiger partial charge in [0.15, 0.2) is 5.78 Å². The Labute approximate surface area is 132 Å². The fourth-order valence-corrected chi connectivity index (χ4v) is 3.08. The second kappa shape index (κ2) is 4.88. The number of carbonyl (C=O) groups is 1. The van der Waals surface area contributed by atoms with Crippen LogP contribution in [-0.2, 0) is 6.42 Å². The number of nitrogens with zero attached hydrogens (tertiary/aromatic N) is 4. The van der Waals surface area contributed by atoms with Gasteiger partial charge < -0.3 is 0 Å². The number of aromatic nitrogens is 4. The monoisotopic (exact) mass is 312 g/mol. The first kappa shape index (κ1) is 13.4. The Morgan fingerprint density at radius 3 is 2.73 bits per heavy atom. The van der Waals surface area contributed by atoms with Crippen molar-refractivity contribution in [3.05, 3.63) is 58.1 Å². The van der Waals surface area contributed by atoms with E-state index in [1.807, 2.05) is 31.2 Å². The van der Waals surface area contributed by atoms with E-state index in [9.17, 15) is 4.79 Å². The number of hydrogen-bond donors (Lipinski definition) is 0. The molecular formula is C16H13ClN4O. The number of carbonyl (C=O) groups excluding carboxylic acids is 1. The first-order chi connectivity index (χ1) is 10.6. The molecule has 3 aromatic rings. The van der Waals surface area contributed by atoms with Crippen LogP contribution in [0.5, 0.6) is 0 Å². The lowest BCUT2D eigenvalue weighted by atomic mass is 9.82. The van der Waals surface area contributed by atoms with Crippen LogP contribution in [0.15, 0.2) is 30.5 Å². The quantitative estimate of drug-likeness (QED) is 0.693. The summed E-state index contributed by atoms with van der Waals surface area (Å²) in [7, 11) is 0. The van der Waals surface area contributed by atoms with Crippen LogP contribution in [0.4, 0.5) is 0 Å². The van der Waals surface area contributed by atoms with E-state index < -0.39 is 0 Å². The molecule has 0 bridgehead atoms. The SMILES string of the molecule is Cc1nc2nc3c(cn2n1)C(=O)C[C@@H](c1ccc(Cl)cc1)C3. The zero-order valence-electron chi connectivity index (χ0n) is 12.0. The Kier molecular flexibility index (Phi) is 2.97.